The molecule has 2 N–H and O–H groups in total. The molecule has 0 spiro atoms. The maximum atomic E-state index is 14.8. The molecule has 1 saturated carbocycles. The Kier molecular flexibility index (Phi) is 4.35. The molecule has 0 bridgehead atoms. The first kappa shape index (κ1) is 18.5. The topological polar surface area (TPSA) is 66.0 Å². The normalized spacial score (nSPS) is 13.7. The van der Waals surface area contributed by atoms with Crippen LogP contribution in [0.2, 0.25) is 0 Å². The average molecular weight is 404 g/mol. The van der Waals surface area contributed by atoms with Gasteiger partial charge in [0.25, 0.3) is 0 Å². The number of benzene rings is 2. The van der Waals surface area contributed by atoms with E-state index in [1.165, 1.54) is 18.2 Å². The summed E-state index contributed by atoms with van der Waals surface area (Å²) >= 11 is 0. The third-order valence-corrected chi connectivity index (χ3v) is 5.56. The minimum atomic E-state index is -1.10. The van der Waals surface area contributed by atoms with E-state index in [1.54, 1.807) is 30.3 Å². The van der Waals surface area contributed by atoms with Crippen LogP contribution >= 0.6 is 0 Å². The minimum Gasteiger partial charge on any atom is -0.477 e. The standard InChI is InChI=1S/C24H18F2N2O2/c25-15-8-6-14(7-9-15)23-19(10-16-2-1-3-21(27-16)24(29)30)18-11-20(26)17(13-4-5-13)12-22(18)28-23/h1-3,6-9,11-13,28H,4-5,10H2,(H,29,30). The predicted octanol–water partition coefficient (Wildman–Crippen LogP) is 5.67. The highest BCUT2D eigenvalue weighted by Crippen LogP contribution is 2.43. The van der Waals surface area contributed by atoms with Crippen LogP contribution in [0.1, 0.15) is 46.1 Å². The number of hydrogen-bond donors (Lipinski definition) is 2. The first-order chi connectivity index (χ1) is 14.5. The second kappa shape index (κ2) is 7.06. The van der Waals surface area contributed by atoms with Gasteiger partial charge in [-0.1, -0.05) is 6.07 Å². The number of fused-ring (bicyclic) bond motifs is 1. The van der Waals surface area contributed by atoms with E-state index < -0.39 is 5.97 Å². The Morgan fingerprint density at radius 2 is 1.87 bits per heavy atom. The molecule has 0 unspecified atom stereocenters. The van der Waals surface area contributed by atoms with Gasteiger partial charge in [0, 0.05) is 23.0 Å². The Balaban J connectivity index is 1.68. The summed E-state index contributed by atoms with van der Waals surface area (Å²) in [5.41, 5.74) is 4.36. The molecule has 2 aromatic carbocycles. The minimum absolute atomic E-state index is 0.0436. The lowest BCUT2D eigenvalue weighted by Gasteiger charge is -2.07. The van der Waals surface area contributed by atoms with Gasteiger partial charge in [-0.25, -0.2) is 18.6 Å². The van der Waals surface area contributed by atoms with Crippen LogP contribution in [0.4, 0.5) is 8.78 Å². The lowest BCUT2D eigenvalue weighted by Crippen LogP contribution is -2.03. The Morgan fingerprint density at radius 1 is 1.10 bits per heavy atom. The van der Waals surface area contributed by atoms with E-state index in [1.807, 2.05) is 6.07 Å². The fraction of sp³-hybridized carbons (Fsp3) is 0.167. The zero-order valence-electron chi connectivity index (χ0n) is 16.0. The van der Waals surface area contributed by atoms with Crippen LogP contribution in [-0.4, -0.2) is 21.0 Å². The maximum absolute atomic E-state index is 14.8. The SMILES string of the molecule is O=C(O)c1cccc(Cc2c(-c3ccc(F)cc3)[nH]c3cc(C4CC4)c(F)cc23)n1. The van der Waals surface area contributed by atoms with Gasteiger partial charge in [-0.05, 0) is 84.0 Å². The number of rotatable bonds is 5. The third kappa shape index (κ3) is 3.34. The van der Waals surface area contributed by atoms with Crippen molar-refractivity contribution in [2.24, 2.45) is 0 Å². The van der Waals surface area contributed by atoms with Crippen molar-refractivity contribution in [2.45, 2.75) is 25.2 Å². The second-order valence-corrected chi connectivity index (χ2v) is 7.68. The van der Waals surface area contributed by atoms with Crippen LogP contribution in [0.5, 0.6) is 0 Å². The quantitative estimate of drug-likeness (QED) is 0.450. The molecule has 30 heavy (non-hydrogen) atoms. The number of aromatic carboxylic acids is 1. The number of nitrogens with zero attached hydrogens (tertiary/aromatic N) is 1. The van der Waals surface area contributed by atoms with Crippen molar-refractivity contribution < 1.29 is 18.7 Å². The molecule has 150 valence electrons. The number of H-pyrrole nitrogens is 1. The van der Waals surface area contributed by atoms with Gasteiger partial charge in [0.15, 0.2) is 0 Å². The second-order valence-electron chi connectivity index (χ2n) is 7.68. The van der Waals surface area contributed by atoms with Gasteiger partial charge >= 0.3 is 5.97 Å². The van der Waals surface area contributed by atoms with Crippen LogP contribution in [-0.2, 0) is 6.42 Å². The van der Waals surface area contributed by atoms with Crippen molar-refractivity contribution in [3.05, 3.63) is 88.7 Å². The molecule has 1 aliphatic carbocycles. The van der Waals surface area contributed by atoms with Crippen molar-refractivity contribution >= 4 is 16.9 Å². The summed E-state index contributed by atoms with van der Waals surface area (Å²) in [6.07, 6.45) is 2.30. The largest absolute Gasteiger partial charge is 0.477 e. The predicted molar refractivity (Wildman–Crippen MR) is 110 cm³/mol. The van der Waals surface area contributed by atoms with Crippen LogP contribution in [0.3, 0.4) is 0 Å². The molecule has 1 aliphatic rings. The van der Waals surface area contributed by atoms with Crippen molar-refractivity contribution in [3.63, 3.8) is 0 Å². The van der Waals surface area contributed by atoms with E-state index in [0.717, 1.165) is 40.6 Å². The summed E-state index contributed by atoms with van der Waals surface area (Å²) in [5.74, 6) is -1.41. The molecule has 0 amide bonds. The fourth-order valence-electron chi connectivity index (χ4n) is 3.92. The Bertz CT molecular complexity index is 1270. The Hall–Kier alpha value is -3.54. The van der Waals surface area contributed by atoms with Gasteiger partial charge in [0.05, 0.1) is 5.69 Å². The summed E-state index contributed by atoms with van der Waals surface area (Å²) in [4.78, 5) is 18.9. The highest BCUT2D eigenvalue weighted by Gasteiger charge is 2.28. The van der Waals surface area contributed by atoms with Crippen molar-refractivity contribution in [2.75, 3.05) is 0 Å². The number of aromatic nitrogens is 2. The zero-order chi connectivity index (χ0) is 20.8. The third-order valence-electron chi connectivity index (χ3n) is 5.56. The maximum Gasteiger partial charge on any atom is 0.354 e. The van der Waals surface area contributed by atoms with E-state index in [0.29, 0.717) is 17.7 Å². The number of carboxylic acid groups (broad SMARTS) is 1. The van der Waals surface area contributed by atoms with Crippen molar-refractivity contribution in [1.29, 1.82) is 0 Å². The molecule has 4 nitrogen and oxygen atoms in total. The van der Waals surface area contributed by atoms with E-state index in [4.69, 9.17) is 0 Å². The Labute approximate surface area is 171 Å². The van der Waals surface area contributed by atoms with Crippen LogP contribution in [0, 0.1) is 11.6 Å². The molecule has 0 atom stereocenters. The molecule has 5 rings (SSSR count). The fourth-order valence-corrected chi connectivity index (χ4v) is 3.92. The van der Waals surface area contributed by atoms with Gasteiger partial charge in [-0.2, -0.15) is 0 Å². The molecule has 0 radical (unpaired) electrons. The summed E-state index contributed by atoms with van der Waals surface area (Å²) in [6.45, 7) is 0. The number of hydrogen-bond acceptors (Lipinski definition) is 2. The molecule has 2 aromatic heterocycles. The Morgan fingerprint density at radius 3 is 2.57 bits per heavy atom. The van der Waals surface area contributed by atoms with Crippen LogP contribution < -0.4 is 0 Å². The smallest absolute Gasteiger partial charge is 0.354 e. The number of nitrogens with one attached hydrogen (secondary N) is 1. The van der Waals surface area contributed by atoms with Gasteiger partial charge in [0.2, 0.25) is 0 Å². The summed E-state index contributed by atoms with van der Waals surface area (Å²) in [7, 11) is 0. The number of aromatic amines is 1. The first-order valence-corrected chi connectivity index (χ1v) is 9.79. The van der Waals surface area contributed by atoms with Crippen LogP contribution in [0.15, 0.2) is 54.6 Å². The molecule has 4 aromatic rings. The summed E-state index contributed by atoms with van der Waals surface area (Å²) in [6, 6.07) is 14.3. The molecular formula is C24H18F2N2O2. The molecule has 6 heteroatoms. The highest BCUT2D eigenvalue weighted by atomic mass is 19.1. The summed E-state index contributed by atoms with van der Waals surface area (Å²) < 4.78 is 28.3. The number of halogens is 2. The monoisotopic (exact) mass is 404 g/mol. The van der Waals surface area contributed by atoms with E-state index in [2.05, 4.69) is 9.97 Å². The van der Waals surface area contributed by atoms with Crippen LogP contribution in [0.25, 0.3) is 22.2 Å². The van der Waals surface area contributed by atoms with Crippen molar-refractivity contribution in [1.82, 2.24) is 9.97 Å². The van der Waals surface area contributed by atoms with Gasteiger partial charge in [0.1, 0.15) is 17.3 Å². The van der Waals surface area contributed by atoms with Crippen molar-refractivity contribution in [3.8, 4) is 11.3 Å². The summed E-state index contributed by atoms with van der Waals surface area (Å²) in [5, 5.41) is 9.96. The van der Waals surface area contributed by atoms with Gasteiger partial charge in [-0.15, -0.1) is 0 Å². The average Bonchev–Trinajstić information content (AvgIpc) is 3.52. The molecule has 1 fully saturated rings. The zero-order valence-corrected chi connectivity index (χ0v) is 16.0. The van der Waals surface area contributed by atoms with E-state index >= 15 is 0 Å². The molecular weight excluding hydrogens is 386 g/mol. The molecule has 2 heterocycles. The highest BCUT2D eigenvalue weighted by molar-refractivity contribution is 5.92. The van der Waals surface area contributed by atoms with E-state index in [9.17, 15) is 18.7 Å². The lowest BCUT2D eigenvalue weighted by atomic mass is 9.99. The van der Waals surface area contributed by atoms with Gasteiger partial charge < -0.3 is 10.1 Å². The molecule has 0 saturated heterocycles. The van der Waals surface area contributed by atoms with E-state index in [-0.39, 0.29) is 23.2 Å². The van der Waals surface area contributed by atoms with Gasteiger partial charge in [-0.3, -0.25) is 0 Å². The lowest BCUT2D eigenvalue weighted by molar-refractivity contribution is 0.0690. The first-order valence-electron chi connectivity index (χ1n) is 9.79. The molecule has 0 aliphatic heterocycles. The number of carbonyl (C=O) groups is 1. The number of carboxylic acids is 1. The number of pyridine rings is 1.